The van der Waals surface area contributed by atoms with E-state index < -0.39 is 10.2 Å². The zero-order valence-electron chi connectivity index (χ0n) is 10.1. The highest BCUT2D eigenvalue weighted by atomic mass is 32.2. The molecule has 0 spiro atoms. The maximum Gasteiger partial charge on any atom is 0.277 e. The Kier molecular flexibility index (Phi) is 5.68. The van der Waals surface area contributed by atoms with Crippen molar-refractivity contribution in [3.8, 4) is 0 Å². The molecule has 1 fully saturated rings. The number of nitrogens with one attached hydrogen (secondary N) is 3. The lowest BCUT2D eigenvalue weighted by atomic mass is 10.00. The monoisotopic (exact) mass is 249 g/mol. The molecule has 1 heterocycles. The molecule has 96 valence electrons. The van der Waals surface area contributed by atoms with Gasteiger partial charge in [-0.2, -0.15) is 13.1 Å². The first kappa shape index (κ1) is 13.9. The third-order valence-electron chi connectivity index (χ3n) is 2.84. The molecule has 0 aromatic carbocycles. The predicted molar refractivity (Wildman–Crippen MR) is 65.5 cm³/mol. The van der Waals surface area contributed by atoms with Crippen LogP contribution < -0.4 is 14.8 Å². The van der Waals surface area contributed by atoms with E-state index in [9.17, 15) is 8.42 Å². The molecule has 6 heteroatoms. The van der Waals surface area contributed by atoms with Gasteiger partial charge in [0.15, 0.2) is 0 Å². The zero-order valence-corrected chi connectivity index (χ0v) is 10.9. The van der Waals surface area contributed by atoms with Crippen LogP contribution in [0.1, 0.15) is 39.5 Å². The first-order valence-corrected chi connectivity index (χ1v) is 7.54. The average Bonchev–Trinajstić information content (AvgIpc) is 2.27. The molecule has 16 heavy (non-hydrogen) atoms. The summed E-state index contributed by atoms with van der Waals surface area (Å²) in [7, 11) is -3.33. The maximum absolute atomic E-state index is 11.6. The molecule has 5 nitrogen and oxygen atoms in total. The summed E-state index contributed by atoms with van der Waals surface area (Å²) in [6, 6.07) is 0.196. The van der Waals surface area contributed by atoms with Crippen LogP contribution >= 0.6 is 0 Å². The molecule has 1 aliphatic rings. The van der Waals surface area contributed by atoms with Gasteiger partial charge in [-0.15, -0.1) is 0 Å². The molecule has 0 saturated carbocycles. The molecule has 0 aromatic rings. The molecule has 0 aromatic heterocycles. The maximum atomic E-state index is 11.6. The third-order valence-corrected chi connectivity index (χ3v) is 4.10. The van der Waals surface area contributed by atoms with Gasteiger partial charge in [0.2, 0.25) is 0 Å². The van der Waals surface area contributed by atoms with Gasteiger partial charge in [0.1, 0.15) is 0 Å². The quantitative estimate of drug-likeness (QED) is 0.636. The van der Waals surface area contributed by atoms with Crippen molar-refractivity contribution in [1.82, 2.24) is 14.8 Å². The molecule has 2 atom stereocenters. The van der Waals surface area contributed by atoms with Crippen LogP contribution in [0.3, 0.4) is 0 Å². The van der Waals surface area contributed by atoms with Crippen LogP contribution in [0.25, 0.3) is 0 Å². The fourth-order valence-corrected chi connectivity index (χ4v) is 3.12. The van der Waals surface area contributed by atoms with E-state index in [0.29, 0.717) is 6.54 Å². The summed E-state index contributed by atoms with van der Waals surface area (Å²) in [6.45, 7) is 5.32. The first-order chi connectivity index (χ1) is 7.55. The van der Waals surface area contributed by atoms with Crippen molar-refractivity contribution in [2.45, 2.75) is 51.6 Å². The van der Waals surface area contributed by atoms with Gasteiger partial charge < -0.3 is 5.32 Å². The van der Waals surface area contributed by atoms with Crippen molar-refractivity contribution < 1.29 is 8.42 Å². The molecule has 0 amide bonds. The minimum atomic E-state index is -3.33. The molecule has 2 unspecified atom stereocenters. The Labute approximate surface area is 98.6 Å². The lowest BCUT2D eigenvalue weighted by Gasteiger charge is -2.29. The Hall–Kier alpha value is -0.170. The smallest absolute Gasteiger partial charge is 0.277 e. The second-order valence-electron chi connectivity index (χ2n) is 4.36. The van der Waals surface area contributed by atoms with Crippen LogP contribution in [0.15, 0.2) is 0 Å². The summed E-state index contributed by atoms with van der Waals surface area (Å²) < 4.78 is 28.4. The van der Waals surface area contributed by atoms with Crippen molar-refractivity contribution in [3.63, 3.8) is 0 Å². The van der Waals surface area contributed by atoms with Crippen LogP contribution in [0.2, 0.25) is 0 Å². The molecule has 1 rings (SSSR count). The molecule has 1 aliphatic heterocycles. The second kappa shape index (κ2) is 6.54. The Morgan fingerprint density at radius 3 is 2.75 bits per heavy atom. The number of piperidine rings is 1. The minimum absolute atomic E-state index is 0.0605. The summed E-state index contributed by atoms with van der Waals surface area (Å²) in [4.78, 5) is 0. The molecule has 1 saturated heterocycles. The SMILES string of the molecule is CCCNS(=O)(=O)NC(C)C1CCCCN1. The third kappa shape index (κ3) is 4.78. The van der Waals surface area contributed by atoms with Crippen molar-refractivity contribution in [2.24, 2.45) is 0 Å². The summed E-state index contributed by atoms with van der Waals surface area (Å²) in [5.41, 5.74) is 0. The van der Waals surface area contributed by atoms with Gasteiger partial charge >= 0.3 is 0 Å². The topological polar surface area (TPSA) is 70.2 Å². The second-order valence-corrected chi connectivity index (χ2v) is 5.89. The van der Waals surface area contributed by atoms with E-state index in [4.69, 9.17) is 0 Å². The van der Waals surface area contributed by atoms with Gasteiger partial charge in [-0.3, -0.25) is 0 Å². The Morgan fingerprint density at radius 1 is 1.44 bits per heavy atom. The van der Waals surface area contributed by atoms with Gasteiger partial charge in [-0.05, 0) is 32.7 Å². The van der Waals surface area contributed by atoms with Crippen LogP contribution in [-0.2, 0) is 10.2 Å². The molecule has 0 radical (unpaired) electrons. The summed E-state index contributed by atoms with van der Waals surface area (Å²) in [6.07, 6.45) is 4.20. The van der Waals surface area contributed by atoms with Gasteiger partial charge in [0.05, 0.1) is 0 Å². The van der Waals surface area contributed by atoms with E-state index in [1.807, 2.05) is 13.8 Å². The highest BCUT2D eigenvalue weighted by Crippen LogP contribution is 2.10. The van der Waals surface area contributed by atoms with E-state index >= 15 is 0 Å². The van der Waals surface area contributed by atoms with Crippen LogP contribution in [0.5, 0.6) is 0 Å². The van der Waals surface area contributed by atoms with Crippen molar-refractivity contribution >= 4 is 10.2 Å². The summed E-state index contributed by atoms with van der Waals surface area (Å²) in [5, 5.41) is 3.34. The highest BCUT2D eigenvalue weighted by Gasteiger charge is 2.23. The fraction of sp³-hybridized carbons (Fsp3) is 1.00. The largest absolute Gasteiger partial charge is 0.312 e. The molecule has 0 bridgehead atoms. The first-order valence-electron chi connectivity index (χ1n) is 6.05. The van der Waals surface area contributed by atoms with E-state index in [2.05, 4.69) is 14.8 Å². The Balaban J connectivity index is 2.39. The van der Waals surface area contributed by atoms with Crippen molar-refractivity contribution in [1.29, 1.82) is 0 Å². The van der Waals surface area contributed by atoms with Gasteiger partial charge in [0.25, 0.3) is 10.2 Å². The van der Waals surface area contributed by atoms with Crippen molar-refractivity contribution in [3.05, 3.63) is 0 Å². The molecule has 3 N–H and O–H groups in total. The molecular weight excluding hydrogens is 226 g/mol. The normalized spacial score (nSPS) is 24.2. The standard InChI is InChI=1S/C10H23N3O2S/c1-3-7-12-16(14,15)13-9(2)10-6-4-5-8-11-10/h9-13H,3-8H2,1-2H3. The van der Waals surface area contributed by atoms with Crippen LogP contribution in [0.4, 0.5) is 0 Å². The number of rotatable bonds is 6. The fourth-order valence-electron chi connectivity index (χ4n) is 1.91. The Morgan fingerprint density at radius 2 is 2.19 bits per heavy atom. The van der Waals surface area contributed by atoms with Gasteiger partial charge in [-0.25, -0.2) is 4.72 Å². The average molecular weight is 249 g/mol. The van der Waals surface area contributed by atoms with Crippen LogP contribution in [-0.4, -0.2) is 33.6 Å². The van der Waals surface area contributed by atoms with Crippen molar-refractivity contribution in [2.75, 3.05) is 13.1 Å². The number of hydrogen-bond acceptors (Lipinski definition) is 3. The highest BCUT2D eigenvalue weighted by molar-refractivity contribution is 7.87. The van der Waals surface area contributed by atoms with E-state index in [1.165, 1.54) is 12.8 Å². The van der Waals surface area contributed by atoms with Gasteiger partial charge in [0, 0.05) is 18.6 Å². The van der Waals surface area contributed by atoms with E-state index in [0.717, 1.165) is 19.4 Å². The zero-order chi connectivity index (χ0) is 12.0. The number of hydrogen-bond donors (Lipinski definition) is 3. The summed E-state index contributed by atoms with van der Waals surface area (Å²) in [5.74, 6) is 0. The lowest BCUT2D eigenvalue weighted by Crippen LogP contribution is -2.52. The van der Waals surface area contributed by atoms with E-state index in [-0.39, 0.29) is 12.1 Å². The van der Waals surface area contributed by atoms with E-state index in [1.54, 1.807) is 0 Å². The minimum Gasteiger partial charge on any atom is -0.312 e. The summed E-state index contributed by atoms with van der Waals surface area (Å²) >= 11 is 0. The lowest BCUT2D eigenvalue weighted by molar-refractivity contribution is 0.346. The predicted octanol–water partition coefficient (Wildman–Crippen LogP) is 0.351. The Bertz CT molecular complexity index is 286. The van der Waals surface area contributed by atoms with Crippen LogP contribution in [0, 0.1) is 0 Å². The van der Waals surface area contributed by atoms with Gasteiger partial charge in [-0.1, -0.05) is 13.3 Å². The molecular formula is C10H23N3O2S. The molecule has 0 aliphatic carbocycles.